The Hall–Kier alpha value is -4.92. The van der Waals surface area contributed by atoms with Crippen LogP contribution in [0.4, 0.5) is 0 Å². The zero-order valence-corrected chi connectivity index (χ0v) is 18.2. The molecule has 0 fully saturated rings. The summed E-state index contributed by atoms with van der Waals surface area (Å²) in [4.78, 5) is 0. The molecule has 0 aliphatic rings. The molecule has 0 amide bonds. The number of benzene rings is 2. The predicted molar refractivity (Wildman–Crippen MR) is 120 cm³/mol. The van der Waals surface area contributed by atoms with Crippen molar-refractivity contribution in [2.45, 2.75) is 13.8 Å². The molecule has 0 saturated heterocycles. The lowest BCUT2D eigenvalue weighted by molar-refractivity contribution is 0.111. The number of hydrogen-bond acceptors (Lipinski definition) is 8. The zero-order chi connectivity index (χ0) is 24.1. The monoisotopic (exact) mass is 440 g/mol. The summed E-state index contributed by atoms with van der Waals surface area (Å²) in [5.74, 6) is 1.73. The molecule has 0 unspecified atom stereocenters. The van der Waals surface area contributed by atoms with Crippen LogP contribution in [0.15, 0.2) is 47.5 Å². The molecule has 2 aromatic carbocycles. The Labute approximate surface area is 192 Å². The van der Waals surface area contributed by atoms with E-state index in [0.29, 0.717) is 47.3 Å². The first-order valence-electron chi connectivity index (χ1n) is 9.91. The van der Waals surface area contributed by atoms with Crippen LogP contribution in [0.5, 0.6) is 23.0 Å². The third kappa shape index (κ3) is 7.07. The van der Waals surface area contributed by atoms with Gasteiger partial charge < -0.3 is 18.9 Å². The zero-order valence-electron chi connectivity index (χ0n) is 18.2. The second-order valence-corrected chi connectivity index (χ2v) is 6.25. The van der Waals surface area contributed by atoms with Gasteiger partial charge in [0, 0.05) is 0 Å². The van der Waals surface area contributed by atoms with Crippen LogP contribution in [0, 0.1) is 45.3 Å². The van der Waals surface area contributed by atoms with E-state index in [1.54, 1.807) is 36.4 Å². The quantitative estimate of drug-likeness (QED) is 0.381. The van der Waals surface area contributed by atoms with Crippen LogP contribution in [0.25, 0.3) is 12.2 Å². The second-order valence-electron chi connectivity index (χ2n) is 6.25. The maximum absolute atomic E-state index is 8.93. The van der Waals surface area contributed by atoms with Crippen LogP contribution in [-0.2, 0) is 0 Å². The number of allylic oxidation sites excluding steroid dienone is 2. The van der Waals surface area contributed by atoms with E-state index in [0.717, 1.165) is 0 Å². The summed E-state index contributed by atoms with van der Waals surface area (Å²) in [7, 11) is 0. The lowest BCUT2D eigenvalue weighted by Crippen LogP contribution is -2.08. The third-order valence-corrected chi connectivity index (χ3v) is 4.07. The van der Waals surface area contributed by atoms with Gasteiger partial charge in [-0.1, -0.05) is 12.1 Å². The first-order chi connectivity index (χ1) is 16.1. The van der Waals surface area contributed by atoms with Gasteiger partial charge in [-0.05, 0) is 61.4 Å². The summed E-state index contributed by atoms with van der Waals surface area (Å²) in [5.41, 5.74) is 1.21. The molecule has 0 bridgehead atoms. The summed E-state index contributed by atoms with van der Waals surface area (Å²) in [5, 5.41) is 35.7. The lowest BCUT2D eigenvalue weighted by Gasteiger charge is -2.15. The molecule has 2 rings (SSSR count). The van der Waals surface area contributed by atoms with Gasteiger partial charge in [-0.15, -0.1) is 0 Å². The highest BCUT2D eigenvalue weighted by Crippen LogP contribution is 2.32. The maximum Gasteiger partial charge on any atom is 0.231 e. The summed E-state index contributed by atoms with van der Waals surface area (Å²) >= 11 is 0. The van der Waals surface area contributed by atoms with Gasteiger partial charge in [0.25, 0.3) is 0 Å². The molecule has 0 heterocycles. The Kier molecular flexibility index (Phi) is 9.37. The summed E-state index contributed by atoms with van der Waals surface area (Å²) in [6.07, 6.45) is 2.91. The minimum absolute atomic E-state index is 0.0205. The van der Waals surface area contributed by atoms with E-state index < -0.39 is 0 Å². The second kappa shape index (κ2) is 12.7. The van der Waals surface area contributed by atoms with E-state index in [1.165, 1.54) is 12.2 Å². The van der Waals surface area contributed by atoms with Crippen LogP contribution >= 0.6 is 0 Å². The van der Waals surface area contributed by atoms with E-state index >= 15 is 0 Å². The molecule has 0 N–H and O–H groups in total. The molecular formula is C25H20N4O4. The molecule has 8 heteroatoms. The number of hydrogen-bond donors (Lipinski definition) is 0. The summed E-state index contributed by atoms with van der Waals surface area (Å²) in [6.45, 7) is 4.29. The van der Waals surface area contributed by atoms with Crippen LogP contribution in [0.1, 0.15) is 25.0 Å². The molecule has 0 atom stereocenters. The minimum atomic E-state index is -0.145. The van der Waals surface area contributed by atoms with Gasteiger partial charge >= 0.3 is 0 Å². The van der Waals surface area contributed by atoms with Crippen molar-refractivity contribution in [2.75, 3.05) is 20.0 Å². The minimum Gasteiger partial charge on any atom is -0.490 e. The molecular weight excluding hydrogens is 420 g/mol. The molecule has 0 aliphatic carbocycles. The first kappa shape index (κ1) is 24.4. The van der Waals surface area contributed by atoms with Crippen molar-refractivity contribution in [1.29, 1.82) is 21.0 Å². The topological polar surface area (TPSA) is 132 Å². The SMILES string of the molecule is CCOc1cc(C=C(C#N)C#N)ccc1OCOc1ccc(C=C(C#N)C#N)cc1OCC. The van der Waals surface area contributed by atoms with Crippen LogP contribution in [0.2, 0.25) is 0 Å². The average Bonchev–Trinajstić information content (AvgIpc) is 2.83. The van der Waals surface area contributed by atoms with Crippen molar-refractivity contribution in [1.82, 2.24) is 0 Å². The molecule has 0 aromatic heterocycles. The van der Waals surface area contributed by atoms with E-state index in [-0.39, 0.29) is 17.9 Å². The van der Waals surface area contributed by atoms with Gasteiger partial charge in [0.1, 0.15) is 35.4 Å². The fourth-order valence-electron chi connectivity index (χ4n) is 2.67. The average molecular weight is 440 g/mol. The lowest BCUT2D eigenvalue weighted by atomic mass is 10.1. The van der Waals surface area contributed by atoms with Crippen LogP contribution in [0.3, 0.4) is 0 Å². The number of nitrogens with zero attached hydrogens (tertiary/aromatic N) is 4. The van der Waals surface area contributed by atoms with E-state index in [4.69, 9.17) is 40.0 Å². The van der Waals surface area contributed by atoms with Crippen molar-refractivity contribution in [3.63, 3.8) is 0 Å². The largest absolute Gasteiger partial charge is 0.490 e. The van der Waals surface area contributed by atoms with E-state index in [2.05, 4.69) is 0 Å². The number of nitriles is 4. The third-order valence-electron chi connectivity index (χ3n) is 4.07. The van der Waals surface area contributed by atoms with Gasteiger partial charge in [-0.25, -0.2) is 0 Å². The van der Waals surface area contributed by atoms with Gasteiger partial charge in [0.2, 0.25) is 6.79 Å². The molecule has 0 radical (unpaired) electrons. The Balaban J connectivity index is 2.19. The Morgan fingerprint density at radius 2 is 1.03 bits per heavy atom. The van der Waals surface area contributed by atoms with Gasteiger partial charge in [0.05, 0.1) is 13.2 Å². The summed E-state index contributed by atoms with van der Waals surface area (Å²) in [6, 6.07) is 17.3. The van der Waals surface area contributed by atoms with Crippen LogP contribution < -0.4 is 18.9 Å². The predicted octanol–water partition coefficient (Wildman–Crippen LogP) is 4.76. The van der Waals surface area contributed by atoms with Gasteiger partial charge in [-0.2, -0.15) is 21.0 Å². The molecule has 8 nitrogen and oxygen atoms in total. The fourth-order valence-corrected chi connectivity index (χ4v) is 2.67. The Morgan fingerprint density at radius 3 is 1.36 bits per heavy atom. The van der Waals surface area contributed by atoms with Gasteiger partial charge in [-0.3, -0.25) is 0 Å². The standard InChI is InChI=1S/C25H20N4O4/c1-3-30-24-11-18(9-20(13-26)14-27)5-7-22(24)32-17-33-23-8-6-19(10-21(15-28)16-29)12-25(23)31-4-2/h5-12H,3-4,17H2,1-2H3. The van der Waals surface area contributed by atoms with Crippen LogP contribution in [-0.4, -0.2) is 20.0 Å². The Bertz CT molecular complexity index is 1090. The van der Waals surface area contributed by atoms with E-state index in [1.807, 2.05) is 38.1 Å². The van der Waals surface area contributed by atoms with Crippen molar-refractivity contribution in [3.8, 4) is 47.3 Å². The highest BCUT2D eigenvalue weighted by molar-refractivity contribution is 5.65. The van der Waals surface area contributed by atoms with Crippen molar-refractivity contribution >= 4 is 12.2 Å². The normalized spacial score (nSPS) is 9.15. The first-order valence-corrected chi connectivity index (χ1v) is 9.91. The van der Waals surface area contributed by atoms with Crippen molar-refractivity contribution < 1.29 is 18.9 Å². The molecule has 2 aromatic rings. The van der Waals surface area contributed by atoms with Crippen molar-refractivity contribution in [3.05, 3.63) is 58.7 Å². The maximum atomic E-state index is 8.93. The Morgan fingerprint density at radius 1 is 0.636 bits per heavy atom. The fraction of sp³-hybridized carbons (Fsp3) is 0.200. The van der Waals surface area contributed by atoms with Gasteiger partial charge in [0.15, 0.2) is 23.0 Å². The van der Waals surface area contributed by atoms with Crippen molar-refractivity contribution in [2.24, 2.45) is 0 Å². The molecule has 33 heavy (non-hydrogen) atoms. The smallest absolute Gasteiger partial charge is 0.231 e. The van der Waals surface area contributed by atoms with E-state index in [9.17, 15) is 0 Å². The molecule has 0 spiro atoms. The molecule has 0 aliphatic heterocycles. The highest BCUT2D eigenvalue weighted by atomic mass is 16.7. The summed E-state index contributed by atoms with van der Waals surface area (Å²) < 4.78 is 22.6. The molecule has 164 valence electrons. The highest BCUT2D eigenvalue weighted by Gasteiger charge is 2.10. The molecule has 0 saturated carbocycles. The number of ether oxygens (including phenoxy) is 4. The number of rotatable bonds is 10.